The van der Waals surface area contributed by atoms with Gasteiger partial charge in [0.1, 0.15) is 0 Å². The Hall–Kier alpha value is -1.75. The molecule has 2 fully saturated rings. The average molecular weight is 283 g/mol. The van der Waals surface area contributed by atoms with E-state index in [0.717, 1.165) is 17.5 Å². The number of hydrogen-bond acceptors (Lipinski definition) is 4. The number of rotatable bonds is 3. The Morgan fingerprint density at radius 3 is 2.33 bits per heavy atom. The van der Waals surface area contributed by atoms with Crippen LogP contribution in [0, 0.1) is 0 Å². The van der Waals surface area contributed by atoms with Crippen molar-refractivity contribution in [2.75, 3.05) is 13.1 Å². The molecule has 0 atom stereocenters. The van der Waals surface area contributed by atoms with Crippen LogP contribution < -0.4 is 0 Å². The second-order valence-electron chi connectivity index (χ2n) is 6.25. The maximum atomic E-state index is 4.02. The maximum Gasteiger partial charge on any atom is 0.204 e. The van der Waals surface area contributed by atoms with Gasteiger partial charge in [0, 0.05) is 11.6 Å². The molecule has 1 aliphatic carbocycles. The van der Waals surface area contributed by atoms with Crippen molar-refractivity contribution in [1.82, 2.24) is 25.5 Å². The highest BCUT2D eigenvalue weighted by molar-refractivity contribution is 5.54. The predicted molar refractivity (Wildman–Crippen MR) is 80.8 cm³/mol. The summed E-state index contributed by atoms with van der Waals surface area (Å²) in [6.45, 7) is 2.66. The summed E-state index contributed by atoms with van der Waals surface area (Å²) in [5, 5.41) is 14.1. The normalized spacial score (nSPS) is 26.5. The van der Waals surface area contributed by atoms with Gasteiger partial charge in [0.15, 0.2) is 0 Å². The smallest absolute Gasteiger partial charge is 0.204 e. The van der Waals surface area contributed by atoms with Gasteiger partial charge in [-0.1, -0.05) is 24.3 Å². The largest absolute Gasteiger partial charge is 0.300 e. The fraction of sp³-hybridized carbons (Fsp3) is 0.562. The van der Waals surface area contributed by atoms with Gasteiger partial charge in [-0.05, 0) is 61.9 Å². The van der Waals surface area contributed by atoms with Crippen LogP contribution in [0.15, 0.2) is 24.3 Å². The third-order valence-corrected chi connectivity index (χ3v) is 5.09. The lowest BCUT2D eigenvalue weighted by atomic mass is 9.80. The lowest BCUT2D eigenvalue weighted by Gasteiger charge is -2.42. The van der Waals surface area contributed by atoms with Crippen LogP contribution in [0.5, 0.6) is 0 Å². The summed E-state index contributed by atoms with van der Waals surface area (Å²) in [6.07, 6.45) is 6.76. The van der Waals surface area contributed by atoms with E-state index in [0.29, 0.717) is 5.82 Å². The molecule has 4 rings (SSSR count). The van der Waals surface area contributed by atoms with Crippen molar-refractivity contribution in [3.8, 4) is 11.4 Å². The van der Waals surface area contributed by atoms with Gasteiger partial charge in [-0.25, -0.2) is 0 Å². The van der Waals surface area contributed by atoms with Crippen LogP contribution in [0.4, 0.5) is 0 Å². The minimum atomic E-state index is 0.669. The molecular weight excluding hydrogens is 262 g/mol. The summed E-state index contributed by atoms with van der Waals surface area (Å²) < 4.78 is 0. The Bertz CT molecular complexity index is 565. The third kappa shape index (κ3) is 2.58. The fourth-order valence-electron chi connectivity index (χ4n) is 3.67. The van der Waals surface area contributed by atoms with Gasteiger partial charge in [0.2, 0.25) is 5.82 Å². The molecule has 1 saturated heterocycles. The van der Waals surface area contributed by atoms with Gasteiger partial charge in [-0.2, -0.15) is 5.21 Å². The van der Waals surface area contributed by atoms with Crippen LogP contribution in [-0.2, 0) is 0 Å². The van der Waals surface area contributed by atoms with Crippen molar-refractivity contribution in [2.45, 2.75) is 44.1 Å². The van der Waals surface area contributed by atoms with E-state index in [2.05, 4.69) is 49.8 Å². The summed E-state index contributed by atoms with van der Waals surface area (Å²) in [4.78, 5) is 2.66. The van der Waals surface area contributed by atoms with Crippen LogP contribution in [0.3, 0.4) is 0 Å². The van der Waals surface area contributed by atoms with E-state index in [-0.39, 0.29) is 0 Å². The van der Waals surface area contributed by atoms with Crippen molar-refractivity contribution in [2.24, 2.45) is 0 Å². The molecule has 2 aliphatic rings. The zero-order valence-electron chi connectivity index (χ0n) is 12.2. The zero-order chi connectivity index (χ0) is 14.1. The Balaban J connectivity index is 1.40. The average Bonchev–Trinajstić information content (AvgIpc) is 3.01. The Kier molecular flexibility index (Phi) is 3.43. The van der Waals surface area contributed by atoms with Crippen LogP contribution in [0.1, 0.15) is 43.6 Å². The molecule has 0 unspecified atom stereocenters. The predicted octanol–water partition coefficient (Wildman–Crippen LogP) is 2.60. The molecule has 0 radical (unpaired) electrons. The van der Waals surface area contributed by atoms with E-state index in [1.807, 2.05) is 0 Å². The van der Waals surface area contributed by atoms with Crippen LogP contribution >= 0.6 is 0 Å². The maximum absolute atomic E-state index is 4.02. The standard InChI is InChI=1S/C16H21N5/c1-10-21(11-1)15-8-6-13(7-9-15)12-2-4-14(5-3-12)16-17-19-20-18-16/h2-5,13,15H,1,6-11H2,(H,17,18,19,20). The van der Waals surface area contributed by atoms with Crippen molar-refractivity contribution in [3.63, 3.8) is 0 Å². The van der Waals surface area contributed by atoms with Crippen molar-refractivity contribution in [3.05, 3.63) is 29.8 Å². The molecule has 0 amide bonds. The molecule has 0 bridgehead atoms. The number of aromatic amines is 1. The summed E-state index contributed by atoms with van der Waals surface area (Å²) in [6, 6.07) is 9.55. The van der Waals surface area contributed by atoms with E-state index in [1.165, 1.54) is 50.8 Å². The second kappa shape index (κ2) is 5.56. The highest BCUT2D eigenvalue weighted by Gasteiger charge is 2.29. The van der Waals surface area contributed by atoms with E-state index in [4.69, 9.17) is 0 Å². The highest BCUT2D eigenvalue weighted by Crippen LogP contribution is 2.36. The zero-order valence-corrected chi connectivity index (χ0v) is 12.2. The number of H-pyrrole nitrogens is 1. The van der Waals surface area contributed by atoms with Gasteiger partial charge in [-0.15, -0.1) is 10.2 Å². The molecule has 1 saturated carbocycles. The van der Waals surface area contributed by atoms with Crippen LogP contribution in [0.2, 0.25) is 0 Å². The topological polar surface area (TPSA) is 57.7 Å². The minimum Gasteiger partial charge on any atom is -0.300 e. The second-order valence-corrected chi connectivity index (χ2v) is 6.25. The Morgan fingerprint density at radius 1 is 1.00 bits per heavy atom. The first-order chi connectivity index (χ1) is 10.4. The first-order valence-electron chi connectivity index (χ1n) is 7.98. The number of hydrogen-bond donors (Lipinski definition) is 1. The SMILES string of the molecule is c1cc(C2CCC(N3CCC3)CC2)ccc1-c1nn[nH]n1. The van der Waals surface area contributed by atoms with Crippen LogP contribution in [0.25, 0.3) is 11.4 Å². The number of likely N-dealkylation sites (tertiary alicyclic amines) is 1. The summed E-state index contributed by atoms with van der Waals surface area (Å²) in [7, 11) is 0. The van der Waals surface area contributed by atoms with Crippen molar-refractivity contribution < 1.29 is 0 Å². The monoisotopic (exact) mass is 283 g/mol. The van der Waals surface area contributed by atoms with Gasteiger partial charge >= 0.3 is 0 Å². The molecule has 1 aromatic heterocycles. The molecule has 1 aliphatic heterocycles. The number of benzene rings is 1. The summed E-state index contributed by atoms with van der Waals surface area (Å²) in [5.74, 6) is 1.39. The lowest BCUT2D eigenvalue weighted by Crippen LogP contribution is -2.46. The van der Waals surface area contributed by atoms with Gasteiger partial charge in [0.25, 0.3) is 0 Å². The van der Waals surface area contributed by atoms with Gasteiger partial charge < -0.3 is 4.90 Å². The van der Waals surface area contributed by atoms with Crippen molar-refractivity contribution in [1.29, 1.82) is 0 Å². The quantitative estimate of drug-likeness (QED) is 0.940. The lowest BCUT2D eigenvalue weighted by molar-refractivity contribution is 0.0869. The molecule has 5 nitrogen and oxygen atoms in total. The third-order valence-electron chi connectivity index (χ3n) is 5.09. The summed E-state index contributed by atoms with van der Waals surface area (Å²) in [5.41, 5.74) is 2.49. The summed E-state index contributed by atoms with van der Waals surface area (Å²) >= 11 is 0. The first-order valence-corrected chi connectivity index (χ1v) is 7.98. The number of tetrazole rings is 1. The van der Waals surface area contributed by atoms with E-state index < -0.39 is 0 Å². The van der Waals surface area contributed by atoms with Gasteiger partial charge in [-0.3, -0.25) is 0 Å². The van der Waals surface area contributed by atoms with E-state index in [1.54, 1.807) is 0 Å². The number of aromatic nitrogens is 4. The Morgan fingerprint density at radius 2 is 1.76 bits per heavy atom. The molecular formula is C16H21N5. The minimum absolute atomic E-state index is 0.669. The first kappa shape index (κ1) is 13.0. The highest BCUT2D eigenvalue weighted by atomic mass is 15.5. The van der Waals surface area contributed by atoms with Crippen LogP contribution in [-0.4, -0.2) is 44.7 Å². The number of nitrogens with one attached hydrogen (secondary N) is 1. The molecule has 5 heteroatoms. The molecule has 110 valence electrons. The molecule has 0 spiro atoms. The molecule has 1 N–H and O–H groups in total. The number of nitrogens with zero attached hydrogens (tertiary/aromatic N) is 4. The molecule has 2 aromatic rings. The molecule has 1 aromatic carbocycles. The van der Waals surface area contributed by atoms with E-state index in [9.17, 15) is 0 Å². The molecule has 2 heterocycles. The molecule has 21 heavy (non-hydrogen) atoms. The fourth-order valence-corrected chi connectivity index (χ4v) is 3.67. The van der Waals surface area contributed by atoms with Gasteiger partial charge in [0.05, 0.1) is 0 Å². The van der Waals surface area contributed by atoms with E-state index >= 15 is 0 Å². The Labute approximate surface area is 124 Å². The van der Waals surface area contributed by atoms with Crippen molar-refractivity contribution >= 4 is 0 Å².